The molecule has 1 heterocycles. The van der Waals surface area contributed by atoms with Crippen LogP contribution in [0.15, 0.2) is 47.3 Å². The van der Waals surface area contributed by atoms with E-state index < -0.39 is 0 Å². The first-order valence-electron chi connectivity index (χ1n) is 8.69. The summed E-state index contributed by atoms with van der Waals surface area (Å²) in [4.78, 5) is 22.1. The Labute approximate surface area is 147 Å². The monoisotopic (exact) mass is 337 g/mol. The number of nitrogens with zero attached hydrogens (tertiary/aromatic N) is 2. The molecule has 5 heteroatoms. The van der Waals surface area contributed by atoms with Crippen LogP contribution in [0.3, 0.4) is 0 Å². The van der Waals surface area contributed by atoms with E-state index in [1.807, 2.05) is 43.3 Å². The van der Waals surface area contributed by atoms with Gasteiger partial charge in [0.25, 0.3) is 5.56 Å². The number of hydrogen-bond donors (Lipinski definition) is 1. The number of fused-ring (bicyclic) bond motifs is 1. The largest absolute Gasteiger partial charge is 0.493 e. The third kappa shape index (κ3) is 3.36. The second-order valence-electron chi connectivity index (χ2n) is 5.72. The lowest BCUT2D eigenvalue weighted by atomic mass is 10.1. The normalized spacial score (nSPS) is 10.8. The Morgan fingerprint density at radius 1 is 1.08 bits per heavy atom. The van der Waals surface area contributed by atoms with Crippen LogP contribution in [-0.4, -0.2) is 29.7 Å². The Hall–Kier alpha value is -2.82. The van der Waals surface area contributed by atoms with Crippen LogP contribution >= 0.6 is 0 Å². The average molecular weight is 337 g/mol. The van der Waals surface area contributed by atoms with Gasteiger partial charge < -0.3 is 14.6 Å². The predicted molar refractivity (Wildman–Crippen MR) is 103 cm³/mol. The average Bonchev–Trinajstić information content (AvgIpc) is 2.63. The molecule has 0 saturated heterocycles. The number of aromatic nitrogens is 2. The molecule has 25 heavy (non-hydrogen) atoms. The van der Waals surface area contributed by atoms with Gasteiger partial charge in [0.1, 0.15) is 11.6 Å². The molecular weight excluding hydrogens is 314 g/mol. The summed E-state index contributed by atoms with van der Waals surface area (Å²) in [5.41, 5.74) is 2.42. The van der Waals surface area contributed by atoms with Crippen molar-refractivity contribution < 1.29 is 4.74 Å². The van der Waals surface area contributed by atoms with E-state index in [0.717, 1.165) is 30.1 Å². The number of para-hydroxylation sites is 1. The highest BCUT2D eigenvalue weighted by molar-refractivity contribution is 5.80. The van der Waals surface area contributed by atoms with Crippen LogP contribution in [0.2, 0.25) is 0 Å². The van der Waals surface area contributed by atoms with E-state index in [1.165, 1.54) is 0 Å². The number of H-pyrrole nitrogens is 1. The maximum absolute atomic E-state index is 12.4. The van der Waals surface area contributed by atoms with Crippen molar-refractivity contribution in [2.75, 3.05) is 24.6 Å². The summed E-state index contributed by atoms with van der Waals surface area (Å²) >= 11 is 0. The maximum atomic E-state index is 12.4. The minimum Gasteiger partial charge on any atom is -0.493 e. The quantitative estimate of drug-likeness (QED) is 0.742. The number of aromatic amines is 1. The zero-order valence-electron chi connectivity index (χ0n) is 14.9. The van der Waals surface area contributed by atoms with Gasteiger partial charge in [-0.1, -0.05) is 12.1 Å². The van der Waals surface area contributed by atoms with E-state index in [1.54, 1.807) is 6.07 Å². The second kappa shape index (κ2) is 7.38. The van der Waals surface area contributed by atoms with Crippen molar-refractivity contribution in [2.24, 2.45) is 0 Å². The third-order valence-electron chi connectivity index (χ3n) is 4.26. The van der Waals surface area contributed by atoms with Crippen molar-refractivity contribution in [3.05, 3.63) is 52.8 Å². The van der Waals surface area contributed by atoms with Crippen LogP contribution in [0, 0.1) is 0 Å². The fraction of sp³-hybridized carbons (Fsp3) is 0.300. The Morgan fingerprint density at radius 2 is 1.84 bits per heavy atom. The molecule has 0 bridgehead atoms. The van der Waals surface area contributed by atoms with Gasteiger partial charge in [0, 0.05) is 24.8 Å². The summed E-state index contributed by atoms with van der Waals surface area (Å²) < 4.78 is 5.83. The number of anilines is 1. The molecule has 2 aromatic carbocycles. The summed E-state index contributed by atoms with van der Waals surface area (Å²) in [7, 11) is 0. The Bertz CT molecular complexity index is 930. The molecule has 0 aliphatic carbocycles. The van der Waals surface area contributed by atoms with Gasteiger partial charge in [-0.25, -0.2) is 4.98 Å². The molecule has 3 rings (SSSR count). The van der Waals surface area contributed by atoms with Crippen molar-refractivity contribution in [2.45, 2.75) is 20.8 Å². The molecule has 0 fully saturated rings. The molecule has 0 amide bonds. The minimum atomic E-state index is -0.143. The molecule has 130 valence electrons. The fourth-order valence-electron chi connectivity index (χ4n) is 2.98. The van der Waals surface area contributed by atoms with E-state index in [-0.39, 0.29) is 5.56 Å². The van der Waals surface area contributed by atoms with Gasteiger partial charge in [-0.3, -0.25) is 4.79 Å². The van der Waals surface area contributed by atoms with Gasteiger partial charge in [0.05, 0.1) is 23.1 Å². The van der Waals surface area contributed by atoms with Gasteiger partial charge in [-0.05, 0) is 45.0 Å². The maximum Gasteiger partial charge on any atom is 0.259 e. The van der Waals surface area contributed by atoms with Gasteiger partial charge in [0.2, 0.25) is 0 Å². The number of ether oxygens (including phenoxy) is 1. The van der Waals surface area contributed by atoms with Crippen molar-refractivity contribution in [3.63, 3.8) is 0 Å². The molecule has 1 N–H and O–H groups in total. The van der Waals surface area contributed by atoms with Crippen LogP contribution in [0.1, 0.15) is 20.8 Å². The fourth-order valence-corrected chi connectivity index (χ4v) is 2.98. The van der Waals surface area contributed by atoms with Crippen LogP contribution in [0.4, 0.5) is 5.69 Å². The van der Waals surface area contributed by atoms with Gasteiger partial charge >= 0.3 is 0 Å². The van der Waals surface area contributed by atoms with Gasteiger partial charge in [-0.2, -0.15) is 0 Å². The number of hydrogen-bond acceptors (Lipinski definition) is 4. The predicted octanol–water partition coefficient (Wildman–Crippen LogP) is 3.84. The SMILES string of the molecule is CCOc1cc(N(CC)CC)ccc1-c1nc2ccccc2c(=O)[nH]1. The first-order valence-corrected chi connectivity index (χ1v) is 8.69. The van der Waals surface area contributed by atoms with E-state index in [4.69, 9.17) is 4.74 Å². The lowest BCUT2D eigenvalue weighted by Crippen LogP contribution is -2.21. The molecule has 3 aromatic rings. The van der Waals surface area contributed by atoms with Gasteiger partial charge in [-0.15, -0.1) is 0 Å². The molecule has 5 nitrogen and oxygen atoms in total. The van der Waals surface area contributed by atoms with Crippen LogP contribution in [0.5, 0.6) is 5.75 Å². The number of benzene rings is 2. The van der Waals surface area contributed by atoms with E-state index in [2.05, 4.69) is 28.7 Å². The van der Waals surface area contributed by atoms with E-state index in [9.17, 15) is 4.79 Å². The van der Waals surface area contributed by atoms with Crippen molar-refractivity contribution >= 4 is 16.6 Å². The van der Waals surface area contributed by atoms with E-state index >= 15 is 0 Å². The first kappa shape index (κ1) is 17.0. The molecule has 1 aromatic heterocycles. The Morgan fingerprint density at radius 3 is 2.56 bits per heavy atom. The molecule has 0 aliphatic rings. The molecular formula is C20H23N3O2. The lowest BCUT2D eigenvalue weighted by molar-refractivity contribution is 0.341. The molecule has 0 radical (unpaired) electrons. The highest BCUT2D eigenvalue weighted by atomic mass is 16.5. The van der Waals surface area contributed by atoms with Crippen LogP contribution in [0.25, 0.3) is 22.3 Å². The summed E-state index contributed by atoms with van der Waals surface area (Å²) in [6.45, 7) is 8.59. The standard InChI is InChI=1S/C20H23N3O2/c1-4-23(5-2)14-11-12-16(18(13-14)25-6-3)19-21-17-10-8-7-9-15(17)20(24)22-19/h7-13H,4-6H2,1-3H3,(H,21,22,24). The summed E-state index contributed by atoms with van der Waals surface area (Å²) in [5, 5.41) is 0.587. The third-order valence-corrected chi connectivity index (χ3v) is 4.26. The Kier molecular flexibility index (Phi) is 5.03. The first-order chi connectivity index (χ1) is 12.2. The van der Waals surface area contributed by atoms with E-state index in [0.29, 0.717) is 23.3 Å². The Balaban J connectivity index is 2.14. The highest BCUT2D eigenvalue weighted by Crippen LogP contribution is 2.32. The molecule has 0 aliphatic heterocycles. The van der Waals surface area contributed by atoms with Crippen molar-refractivity contribution in [1.82, 2.24) is 9.97 Å². The van der Waals surface area contributed by atoms with Gasteiger partial charge in [0.15, 0.2) is 0 Å². The summed E-state index contributed by atoms with van der Waals surface area (Å²) in [5.74, 6) is 1.25. The number of nitrogens with one attached hydrogen (secondary N) is 1. The zero-order chi connectivity index (χ0) is 17.8. The van der Waals surface area contributed by atoms with Crippen LogP contribution < -0.4 is 15.2 Å². The lowest BCUT2D eigenvalue weighted by Gasteiger charge is -2.22. The second-order valence-corrected chi connectivity index (χ2v) is 5.72. The number of rotatable bonds is 6. The summed E-state index contributed by atoms with van der Waals surface area (Å²) in [6, 6.07) is 13.4. The highest BCUT2D eigenvalue weighted by Gasteiger charge is 2.13. The smallest absolute Gasteiger partial charge is 0.259 e. The topological polar surface area (TPSA) is 58.2 Å². The molecule has 0 atom stereocenters. The van der Waals surface area contributed by atoms with Crippen molar-refractivity contribution in [1.29, 1.82) is 0 Å². The molecule has 0 saturated carbocycles. The molecule has 0 spiro atoms. The van der Waals surface area contributed by atoms with Crippen molar-refractivity contribution in [3.8, 4) is 17.1 Å². The zero-order valence-corrected chi connectivity index (χ0v) is 14.9. The molecule has 0 unspecified atom stereocenters. The minimum absolute atomic E-state index is 0.143. The van der Waals surface area contributed by atoms with Crippen LogP contribution in [-0.2, 0) is 0 Å². The summed E-state index contributed by atoms with van der Waals surface area (Å²) in [6.07, 6.45) is 0.